The zero-order chi connectivity index (χ0) is 20.3. The fourth-order valence-electron chi connectivity index (χ4n) is 3.24. The number of carbonyl (C=O) groups is 1. The standard InChI is InChI=1S/C21H28N4O3/c1-21(2,3)15-4-6-16(7-5-15)28-13-18-23-11-17(19(26)24-18)20(27)25-9-8-14(10-22)12-25/h4-7,11,14H,8-10,12-13,22H2,1-3H3,(H,23,24,26)/t14-/m1/s1. The van der Waals surface area contributed by atoms with E-state index in [0.29, 0.717) is 37.1 Å². The van der Waals surface area contributed by atoms with Gasteiger partial charge in [0, 0.05) is 19.3 Å². The molecule has 28 heavy (non-hydrogen) atoms. The number of aromatic nitrogens is 2. The van der Waals surface area contributed by atoms with Gasteiger partial charge in [0.15, 0.2) is 0 Å². The van der Waals surface area contributed by atoms with Gasteiger partial charge in [-0.1, -0.05) is 32.9 Å². The summed E-state index contributed by atoms with van der Waals surface area (Å²) in [5.41, 5.74) is 6.56. The molecule has 0 bridgehead atoms. The molecule has 0 spiro atoms. The van der Waals surface area contributed by atoms with Crippen molar-refractivity contribution in [1.82, 2.24) is 14.9 Å². The zero-order valence-electron chi connectivity index (χ0n) is 16.7. The van der Waals surface area contributed by atoms with Crippen molar-refractivity contribution in [3.8, 4) is 5.75 Å². The Morgan fingerprint density at radius 3 is 2.61 bits per heavy atom. The van der Waals surface area contributed by atoms with Gasteiger partial charge in [0.2, 0.25) is 0 Å². The first-order chi connectivity index (χ1) is 13.3. The van der Waals surface area contributed by atoms with Crippen molar-refractivity contribution in [3.63, 3.8) is 0 Å². The van der Waals surface area contributed by atoms with Crippen molar-refractivity contribution in [2.24, 2.45) is 11.7 Å². The lowest BCUT2D eigenvalue weighted by molar-refractivity contribution is 0.0785. The fraction of sp³-hybridized carbons (Fsp3) is 0.476. The maximum Gasteiger partial charge on any atom is 0.263 e. The molecule has 7 heteroatoms. The summed E-state index contributed by atoms with van der Waals surface area (Å²) in [7, 11) is 0. The van der Waals surface area contributed by atoms with Crippen LogP contribution in [-0.4, -0.2) is 40.4 Å². The van der Waals surface area contributed by atoms with Crippen LogP contribution >= 0.6 is 0 Å². The van der Waals surface area contributed by atoms with Gasteiger partial charge in [-0.25, -0.2) is 4.98 Å². The molecule has 0 aliphatic carbocycles. The molecule has 3 rings (SSSR count). The summed E-state index contributed by atoms with van der Waals surface area (Å²) in [4.78, 5) is 33.4. The normalized spacial score (nSPS) is 17.0. The van der Waals surface area contributed by atoms with Gasteiger partial charge in [-0.2, -0.15) is 0 Å². The van der Waals surface area contributed by atoms with E-state index >= 15 is 0 Å². The summed E-state index contributed by atoms with van der Waals surface area (Å²) >= 11 is 0. The van der Waals surface area contributed by atoms with Crippen molar-refractivity contribution >= 4 is 5.91 Å². The molecule has 1 amide bonds. The minimum Gasteiger partial charge on any atom is -0.486 e. The molecule has 1 fully saturated rings. The first-order valence-corrected chi connectivity index (χ1v) is 9.59. The van der Waals surface area contributed by atoms with E-state index in [9.17, 15) is 9.59 Å². The summed E-state index contributed by atoms with van der Waals surface area (Å²) in [6.45, 7) is 8.33. The number of carbonyl (C=O) groups excluding carboxylic acids is 1. The number of benzene rings is 1. The number of likely N-dealkylation sites (tertiary alicyclic amines) is 1. The molecule has 0 unspecified atom stereocenters. The van der Waals surface area contributed by atoms with Crippen LogP contribution in [-0.2, 0) is 12.0 Å². The Kier molecular flexibility index (Phi) is 5.84. The Hall–Kier alpha value is -2.67. The van der Waals surface area contributed by atoms with Crippen LogP contribution in [0.1, 0.15) is 48.9 Å². The average molecular weight is 384 g/mol. The summed E-state index contributed by atoms with van der Waals surface area (Å²) in [6, 6.07) is 7.85. The van der Waals surface area contributed by atoms with Crippen molar-refractivity contribution in [2.45, 2.75) is 39.2 Å². The van der Waals surface area contributed by atoms with Gasteiger partial charge in [0.25, 0.3) is 11.5 Å². The van der Waals surface area contributed by atoms with Crippen LogP contribution in [0.5, 0.6) is 5.75 Å². The number of hydrogen-bond donors (Lipinski definition) is 2. The molecule has 2 aromatic rings. The van der Waals surface area contributed by atoms with Crippen LogP contribution in [0.2, 0.25) is 0 Å². The lowest BCUT2D eigenvalue weighted by atomic mass is 9.87. The molecule has 1 atom stereocenters. The van der Waals surface area contributed by atoms with E-state index in [1.165, 1.54) is 11.8 Å². The highest BCUT2D eigenvalue weighted by Crippen LogP contribution is 2.24. The van der Waals surface area contributed by atoms with Gasteiger partial charge in [-0.3, -0.25) is 9.59 Å². The molecule has 1 aliphatic rings. The van der Waals surface area contributed by atoms with Gasteiger partial charge in [-0.15, -0.1) is 0 Å². The maximum absolute atomic E-state index is 12.5. The molecule has 0 saturated carbocycles. The van der Waals surface area contributed by atoms with E-state index in [1.807, 2.05) is 24.3 Å². The van der Waals surface area contributed by atoms with Crippen LogP contribution in [0, 0.1) is 5.92 Å². The van der Waals surface area contributed by atoms with Crippen molar-refractivity contribution in [1.29, 1.82) is 0 Å². The lowest BCUT2D eigenvalue weighted by Crippen LogP contribution is -2.34. The molecule has 150 valence electrons. The van der Waals surface area contributed by atoms with Crippen LogP contribution in [0.15, 0.2) is 35.3 Å². The third-order valence-electron chi connectivity index (χ3n) is 5.08. The number of H-pyrrole nitrogens is 1. The SMILES string of the molecule is CC(C)(C)c1ccc(OCc2ncc(C(=O)N3CC[C@H](CN)C3)c(=O)[nH]2)cc1. The molecule has 1 saturated heterocycles. The van der Waals surface area contributed by atoms with E-state index in [0.717, 1.165) is 6.42 Å². The Bertz CT molecular complexity index is 884. The van der Waals surface area contributed by atoms with Gasteiger partial charge in [0.1, 0.15) is 23.7 Å². The average Bonchev–Trinajstić information content (AvgIpc) is 3.15. The molecule has 1 aliphatic heterocycles. The molecule has 2 heterocycles. The predicted molar refractivity (Wildman–Crippen MR) is 107 cm³/mol. The highest BCUT2D eigenvalue weighted by atomic mass is 16.5. The van der Waals surface area contributed by atoms with Crippen LogP contribution in [0.25, 0.3) is 0 Å². The van der Waals surface area contributed by atoms with Gasteiger partial charge in [-0.05, 0) is 42.0 Å². The van der Waals surface area contributed by atoms with E-state index in [4.69, 9.17) is 10.5 Å². The van der Waals surface area contributed by atoms with Gasteiger partial charge < -0.3 is 20.4 Å². The molecule has 1 aromatic heterocycles. The Balaban J connectivity index is 1.63. The molecule has 3 N–H and O–H groups in total. The molecule has 0 radical (unpaired) electrons. The van der Waals surface area contributed by atoms with Crippen molar-refractivity contribution in [3.05, 3.63) is 57.8 Å². The summed E-state index contributed by atoms with van der Waals surface area (Å²) in [6.07, 6.45) is 2.20. The second kappa shape index (κ2) is 8.14. The number of amides is 1. The first kappa shape index (κ1) is 20.1. The Labute approximate surface area is 164 Å². The van der Waals surface area contributed by atoms with Crippen LogP contribution < -0.4 is 16.0 Å². The number of nitrogens with one attached hydrogen (secondary N) is 1. The number of hydrogen-bond acceptors (Lipinski definition) is 5. The summed E-state index contributed by atoms with van der Waals surface area (Å²) < 4.78 is 5.70. The quantitative estimate of drug-likeness (QED) is 0.822. The molecule has 1 aromatic carbocycles. The number of rotatable bonds is 5. The zero-order valence-corrected chi connectivity index (χ0v) is 16.7. The topological polar surface area (TPSA) is 101 Å². The third-order valence-corrected chi connectivity index (χ3v) is 5.08. The second-order valence-electron chi connectivity index (χ2n) is 8.28. The number of ether oxygens (including phenoxy) is 1. The summed E-state index contributed by atoms with van der Waals surface area (Å²) in [5.74, 6) is 1.08. The highest BCUT2D eigenvalue weighted by molar-refractivity contribution is 5.93. The van der Waals surface area contributed by atoms with Crippen LogP contribution in [0.4, 0.5) is 0 Å². The Morgan fingerprint density at radius 1 is 1.32 bits per heavy atom. The van der Waals surface area contributed by atoms with E-state index in [1.54, 1.807) is 4.90 Å². The van der Waals surface area contributed by atoms with Crippen molar-refractivity contribution in [2.75, 3.05) is 19.6 Å². The smallest absolute Gasteiger partial charge is 0.263 e. The molecular weight excluding hydrogens is 356 g/mol. The summed E-state index contributed by atoms with van der Waals surface area (Å²) in [5, 5.41) is 0. The maximum atomic E-state index is 12.5. The predicted octanol–water partition coefficient (Wildman–Crippen LogP) is 2.07. The van der Waals surface area contributed by atoms with Gasteiger partial charge in [0.05, 0.1) is 0 Å². The van der Waals surface area contributed by atoms with Crippen LogP contribution in [0.3, 0.4) is 0 Å². The van der Waals surface area contributed by atoms with E-state index in [2.05, 4.69) is 30.7 Å². The minimum absolute atomic E-state index is 0.0518. The number of aromatic amines is 1. The van der Waals surface area contributed by atoms with Gasteiger partial charge >= 0.3 is 0 Å². The highest BCUT2D eigenvalue weighted by Gasteiger charge is 2.27. The Morgan fingerprint density at radius 2 is 2.04 bits per heavy atom. The molecule has 7 nitrogen and oxygen atoms in total. The van der Waals surface area contributed by atoms with E-state index < -0.39 is 5.56 Å². The number of nitrogens with two attached hydrogens (primary N) is 1. The second-order valence-corrected chi connectivity index (χ2v) is 8.28. The lowest BCUT2D eigenvalue weighted by Gasteiger charge is -2.19. The van der Waals surface area contributed by atoms with Crippen molar-refractivity contribution < 1.29 is 9.53 Å². The number of nitrogens with zero attached hydrogens (tertiary/aromatic N) is 2. The largest absolute Gasteiger partial charge is 0.486 e. The fourth-order valence-corrected chi connectivity index (χ4v) is 3.24. The van der Waals surface area contributed by atoms with E-state index in [-0.39, 0.29) is 23.5 Å². The monoisotopic (exact) mass is 384 g/mol. The molecular formula is C21H28N4O3. The first-order valence-electron chi connectivity index (χ1n) is 9.59. The third kappa shape index (κ3) is 4.59. The minimum atomic E-state index is -0.446.